The second-order valence-corrected chi connectivity index (χ2v) is 7.91. The summed E-state index contributed by atoms with van der Waals surface area (Å²) in [5, 5.41) is 0. The van der Waals surface area contributed by atoms with Gasteiger partial charge in [0.1, 0.15) is 11.5 Å². The maximum Gasteiger partial charge on any atom is 0.260 e. The van der Waals surface area contributed by atoms with Crippen LogP contribution in [-0.4, -0.2) is 74.0 Å². The highest BCUT2D eigenvalue weighted by molar-refractivity contribution is 6.00. The fraction of sp³-hybridized carbons (Fsp3) is 0.375. The molecule has 8 nitrogen and oxygen atoms in total. The molecule has 0 unspecified atom stereocenters. The quantitative estimate of drug-likeness (QED) is 0.689. The molecule has 2 aliphatic rings. The number of methoxy groups -OCH3 is 1. The van der Waals surface area contributed by atoms with Gasteiger partial charge in [0, 0.05) is 50.9 Å². The van der Waals surface area contributed by atoms with Crippen molar-refractivity contribution in [1.82, 2.24) is 9.80 Å². The van der Waals surface area contributed by atoms with Crippen molar-refractivity contribution in [2.24, 2.45) is 5.92 Å². The summed E-state index contributed by atoms with van der Waals surface area (Å²) in [7, 11) is 1.58. The molecular weight excluding hydrogens is 410 g/mol. The van der Waals surface area contributed by atoms with Gasteiger partial charge in [-0.1, -0.05) is 24.3 Å². The lowest BCUT2D eigenvalue weighted by atomic mass is 10.1. The molecule has 2 aromatic rings. The molecule has 0 spiro atoms. The van der Waals surface area contributed by atoms with E-state index < -0.39 is 0 Å². The highest BCUT2D eigenvalue weighted by Gasteiger charge is 2.38. The van der Waals surface area contributed by atoms with Gasteiger partial charge in [0.25, 0.3) is 5.91 Å². The Morgan fingerprint density at radius 2 is 1.62 bits per heavy atom. The highest BCUT2D eigenvalue weighted by atomic mass is 16.5. The van der Waals surface area contributed by atoms with Gasteiger partial charge in [0.2, 0.25) is 11.8 Å². The van der Waals surface area contributed by atoms with Crippen molar-refractivity contribution in [3.63, 3.8) is 0 Å². The molecule has 1 atom stereocenters. The molecule has 2 fully saturated rings. The number of carbonyl (C=O) groups is 3. The number of hydrogen-bond donors (Lipinski definition) is 0. The number of piperazine rings is 1. The van der Waals surface area contributed by atoms with E-state index in [1.807, 2.05) is 48.5 Å². The van der Waals surface area contributed by atoms with Crippen molar-refractivity contribution in [2.75, 3.05) is 51.3 Å². The van der Waals surface area contributed by atoms with Crippen LogP contribution in [0.15, 0.2) is 54.6 Å². The minimum atomic E-state index is -0.377. The number of amides is 3. The first-order valence-electron chi connectivity index (χ1n) is 10.7. The predicted molar refractivity (Wildman–Crippen MR) is 119 cm³/mol. The number of hydrogen-bond acceptors (Lipinski definition) is 5. The Morgan fingerprint density at radius 3 is 2.34 bits per heavy atom. The van der Waals surface area contributed by atoms with Crippen LogP contribution in [0.5, 0.6) is 11.5 Å². The van der Waals surface area contributed by atoms with Crippen LogP contribution in [0.2, 0.25) is 0 Å². The van der Waals surface area contributed by atoms with Gasteiger partial charge < -0.3 is 24.2 Å². The van der Waals surface area contributed by atoms with E-state index in [9.17, 15) is 14.4 Å². The summed E-state index contributed by atoms with van der Waals surface area (Å²) in [5.74, 6) is 0.752. The lowest BCUT2D eigenvalue weighted by Gasteiger charge is -2.35. The van der Waals surface area contributed by atoms with Gasteiger partial charge in [0.05, 0.1) is 13.0 Å². The molecular formula is C24H27N3O5. The number of benzene rings is 2. The third-order valence-corrected chi connectivity index (χ3v) is 5.89. The largest absolute Gasteiger partial charge is 0.497 e. The lowest BCUT2D eigenvalue weighted by molar-refractivity contribution is -0.142. The lowest BCUT2D eigenvalue weighted by Crippen LogP contribution is -2.53. The van der Waals surface area contributed by atoms with Gasteiger partial charge in [-0.25, -0.2) is 0 Å². The van der Waals surface area contributed by atoms with Gasteiger partial charge >= 0.3 is 0 Å². The molecule has 0 radical (unpaired) electrons. The van der Waals surface area contributed by atoms with Crippen molar-refractivity contribution in [1.29, 1.82) is 0 Å². The number of anilines is 1. The van der Waals surface area contributed by atoms with E-state index in [2.05, 4.69) is 0 Å². The molecule has 32 heavy (non-hydrogen) atoms. The monoisotopic (exact) mass is 437 g/mol. The maximum atomic E-state index is 13.0. The Morgan fingerprint density at radius 1 is 0.938 bits per heavy atom. The smallest absolute Gasteiger partial charge is 0.260 e. The van der Waals surface area contributed by atoms with Crippen molar-refractivity contribution >= 4 is 23.4 Å². The molecule has 2 aromatic carbocycles. The van der Waals surface area contributed by atoms with Crippen LogP contribution in [0, 0.1) is 5.92 Å². The van der Waals surface area contributed by atoms with Crippen molar-refractivity contribution in [3.05, 3.63) is 54.6 Å². The van der Waals surface area contributed by atoms with Crippen LogP contribution in [-0.2, 0) is 14.4 Å². The molecule has 0 bridgehead atoms. The first-order valence-corrected chi connectivity index (χ1v) is 10.7. The Balaban J connectivity index is 1.28. The maximum absolute atomic E-state index is 13.0. The Hall–Kier alpha value is -3.55. The molecule has 3 amide bonds. The third-order valence-electron chi connectivity index (χ3n) is 5.89. The summed E-state index contributed by atoms with van der Waals surface area (Å²) in [4.78, 5) is 43.1. The van der Waals surface area contributed by atoms with Gasteiger partial charge in [-0.05, 0) is 24.3 Å². The van der Waals surface area contributed by atoms with E-state index >= 15 is 0 Å². The third kappa shape index (κ3) is 4.85. The van der Waals surface area contributed by atoms with Crippen LogP contribution in [0.3, 0.4) is 0 Å². The minimum Gasteiger partial charge on any atom is -0.497 e. The fourth-order valence-corrected chi connectivity index (χ4v) is 4.09. The molecule has 0 saturated carbocycles. The standard InChI is InChI=1S/C24H27N3O5/c1-31-21-9-5-6-19(15-21)27-16-18(14-22(27)28)24(30)26-12-10-25(11-13-26)23(29)17-32-20-7-3-2-4-8-20/h2-9,15,18H,10-14,16-17H2,1H3/t18-/m1/s1. The Kier molecular flexibility index (Phi) is 6.58. The normalized spacial score (nSPS) is 18.6. The minimum absolute atomic E-state index is 0.0232. The summed E-state index contributed by atoms with van der Waals surface area (Å²) in [6.07, 6.45) is 0.195. The molecule has 0 aromatic heterocycles. The van der Waals surface area contributed by atoms with Crippen LogP contribution >= 0.6 is 0 Å². The zero-order chi connectivity index (χ0) is 22.5. The number of carbonyl (C=O) groups excluding carboxylic acids is 3. The molecule has 4 rings (SSSR count). The van der Waals surface area contributed by atoms with E-state index in [1.54, 1.807) is 27.9 Å². The van der Waals surface area contributed by atoms with E-state index in [1.165, 1.54) is 0 Å². The van der Waals surface area contributed by atoms with Crippen LogP contribution in [0.4, 0.5) is 5.69 Å². The zero-order valence-corrected chi connectivity index (χ0v) is 18.1. The predicted octanol–water partition coefficient (Wildman–Crippen LogP) is 1.80. The molecule has 0 aliphatic carbocycles. The summed E-state index contributed by atoms with van der Waals surface area (Å²) in [6, 6.07) is 16.5. The molecule has 8 heteroatoms. The van der Waals surface area contributed by atoms with E-state index in [-0.39, 0.29) is 36.7 Å². The SMILES string of the molecule is COc1cccc(N2C[C@H](C(=O)N3CCN(C(=O)COc4ccccc4)CC3)CC2=O)c1. The topological polar surface area (TPSA) is 79.4 Å². The molecule has 0 N–H and O–H groups in total. The number of nitrogens with zero attached hydrogens (tertiary/aromatic N) is 3. The summed E-state index contributed by atoms with van der Waals surface area (Å²) < 4.78 is 10.8. The average Bonchev–Trinajstić information content (AvgIpc) is 3.24. The zero-order valence-electron chi connectivity index (χ0n) is 18.1. The molecule has 2 heterocycles. The van der Waals surface area contributed by atoms with Gasteiger partial charge in [-0.3, -0.25) is 14.4 Å². The number of ether oxygens (including phenoxy) is 2. The van der Waals surface area contributed by atoms with E-state index in [0.717, 1.165) is 5.69 Å². The van der Waals surface area contributed by atoms with E-state index in [4.69, 9.17) is 9.47 Å². The average molecular weight is 437 g/mol. The first-order chi connectivity index (χ1) is 15.5. The van der Waals surface area contributed by atoms with Gasteiger partial charge in [0.15, 0.2) is 6.61 Å². The Labute approximate surface area is 187 Å². The second-order valence-electron chi connectivity index (χ2n) is 7.91. The van der Waals surface area contributed by atoms with Gasteiger partial charge in [-0.15, -0.1) is 0 Å². The van der Waals surface area contributed by atoms with Crippen molar-refractivity contribution < 1.29 is 23.9 Å². The van der Waals surface area contributed by atoms with Crippen LogP contribution in [0.1, 0.15) is 6.42 Å². The fourth-order valence-electron chi connectivity index (χ4n) is 4.09. The number of rotatable bonds is 6. The second kappa shape index (κ2) is 9.72. The molecule has 2 aliphatic heterocycles. The number of para-hydroxylation sites is 1. The van der Waals surface area contributed by atoms with Crippen LogP contribution < -0.4 is 14.4 Å². The van der Waals surface area contributed by atoms with Gasteiger partial charge in [-0.2, -0.15) is 0 Å². The molecule has 2 saturated heterocycles. The highest BCUT2D eigenvalue weighted by Crippen LogP contribution is 2.29. The first kappa shape index (κ1) is 21.7. The van der Waals surface area contributed by atoms with Crippen molar-refractivity contribution in [2.45, 2.75) is 6.42 Å². The molecule has 168 valence electrons. The van der Waals surface area contributed by atoms with Crippen molar-refractivity contribution in [3.8, 4) is 11.5 Å². The van der Waals surface area contributed by atoms with Crippen LogP contribution in [0.25, 0.3) is 0 Å². The van der Waals surface area contributed by atoms with E-state index in [0.29, 0.717) is 44.2 Å². The summed E-state index contributed by atoms with van der Waals surface area (Å²) in [6.45, 7) is 2.17. The summed E-state index contributed by atoms with van der Waals surface area (Å²) in [5.41, 5.74) is 0.735. The Bertz CT molecular complexity index is 973. The summed E-state index contributed by atoms with van der Waals surface area (Å²) >= 11 is 0.